The molecular weight excluding hydrogens is 890 g/mol. The third-order valence-electron chi connectivity index (χ3n) is 11.8. The number of carbonyl (C=O) groups excluding carboxylic acids is 4. The predicted molar refractivity (Wildman–Crippen MR) is 235 cm³/mol. The number of nitrogens with one attached hydrogen (secondary N) is 3. The molecule has 0 bridgehead atoms. The Morgan fingerprint density at radius 1 is 1.05 bits per heavy atom. The third kappa shape index (κ3) is 8.86. The first-order valence-electron chi connectivity index (χ1n) is 20.8. The monoisotopic (exact) mass is 936 g/mol. The maximum Gasteiger partial charge on any atom is 0.416 e. The van der Waals surface area contributed by atoms with Crippen molar-refractivity contribution in [2.24, 2.45) is 11.3 Å². The molecule has 5 atom stereocenters. The number of ether oxygens (including phenoxy) is 1. The van der Waals surface area contributed by atoms with E-state index >= 15 is 4.79 Å². The number of aromatic nitrogens is 3. The minimum Gasteiger partial charge on any atom is -0.470 e. The number of sulfonamides is 1. The summed E-state index contributed by atoms with van der Waals surface area (Å²) in [6.07, 6.45) is -3.36. The smallest absolute Gasteiger partial charge is 0.416 e. The Hall–Kier alpha value is -6.09. The predicted octanol–water partition coefficient (Wildman–Crippen LogP) is 6.07. The number of rotatable bonds is 13. The SMILES string of the molecule is C=C[C@@H]1C[C@]1(NC(=O)[C@@H]1C[C@@H](Oc2nc(-c3ccc(C(F)(F)F)cc3)nc3c2oc2ccccc23)CN1C(=O)[C@@H](Nc1nc(C)c(C(=O)N(C)C)s1)C(C)(C)C)C(=O)NS(=O)(=O)C1CC1. The van der Waals surface area contributed by atoms with E-state index in [1.165, 1.54) is 28.0 Å². The van der Waals surface area contributed by atoms with Gasteiger partial charge in [-0.3, -0.25) is 23.9 Å². The molecule has 2 aliphatic carbocycles. The van der Waals surface area contributed by atoms with Gasteiger partial charge in [0.25, 0.3) is 17.7 Å². The number of amides is 4. The van der Waals surface area contributed by atoms with Crippen LogP contribution in [-0.2, 0) is 30.6 Å². The van der Waals surface area contributed by atoms with Crippen molar-refractivity contribution in [3.8, 4) is 17.3 Å². The van der Waals surface area contributed by atoms with Gasteiger partial charge in [-0.05, 0) is 55.9 Å². The van der Waals surface area contributed by atoms with Gasteiger partial charge in [-0.1, -0.05) is 62.4 Å². The summed E-state index contributed by atoms with van der Waals surface area (Å²) in [5.74, 6) is -3.18. The van der Waals surface area contributed by atoms with Gasteiger partial charge in [0.1, 0.15) is 39.7 Å². The summed E-state index contributed by atoms with van der Waals surface area (Å²) in [5, 5.41) is 6.15. The van der Waals surface area contributed by atoms with E-state index in [1.54, 1.807) is 45.3 Å². The number of benzene rings is 2. The van der Waals surface area contributed by atoms with Crippen molar-refractivity contribution in [2.45, 2.75) is 88.5 Å². The highest BCUT2D eigenvalue weighted by Crippen LogP contribution is 2.46. The highest BCUT2D eigenvalue weighted by atomic mass is 32.2. The summed E-state index contributed by atoms with van der Waals surface area (Å²) >= 11 is 1.08. The van der Waals surface area contributed by atoms with Gasteiger partial charge in [0.05, 0.1) is 23.1 Å². The van der Waals surface area contributed by atoms with Crippen LogP contribution in [0.25, 0.3) is 33.5 Å². The number of likely N-dealkylation sites (tertiary alicyclic amines) is 1. The summed E-state index contributed by atoms with van der Waals surface area (Å²) in [7, 11) is -0.764. The quantitative estimate of drug-likeness (QED) is 0.115. The van der Waals surface area contributed by atoms with Gasteiger partial charge in [0.15, 0.2) is 11.0 Å². The largest absolute Gasteiger partial charge is 0.470 e. The van der Waals surface area contributed by atoms with Crippen molar-refractivity contribution in [3.05, 3.63) is 77.3 Å². The minimum absolute atomic E-state index is 0.0224. The fourth-order valence-electron chi connectivity index (χ4n) is 7.93. The lowest BCUT2D eigenvalue weighted by Gasteiger charge is -2.35. The van der Waals surface area contributed by atoms with Crippen molar-refractivity contribution in [3.63, 3.8) is 0 Å². The maximum atomic E-state index is 15.0. The van der Waals surface area contributed by atoms with Crippen LogP contribution in [0.2, 0.25) is 0 Å². The molecule has 0 unspecified atom stereocenters. The van der Waals surface area contributed by atoms with Crippen molar-refractivity contribution in [1.82, 2.24) is 34.8 Å². The number of aryl methyl sites for hydroxylation is 1. The maximum absolute atomic E-state index is 15.0. The fraction of sp³-hybridized carbons (Fsp3) is 0.432. The topological polar surface area (TPSA) is 206 Å². The lowest BCUT2D eigenvalue weighted by molar-refractivity contribution is -0.141. The second-order valence-electron chi connectivity index (χ2n) is 17.9. The summed E-state index contributed by atoms with van der Waals surface area (Å²) in [5.41, 5.74) is -1.80. The van der Waals surface area contributed by atoms with E-state index in [9.17, 15) is 36.0 Å². The summed E-state index contributed by atoms with van der Waals surface area (Å²) in [4.78, 5) is 73.3. The molecule has 1 saturated heterocycles. The first-order valence-corrected chi connectivity index (χ1v) is 23.2. The Labute approximate surface area is 376 Å². The molecule has 2 saturated carbocycles. The number of carbonyl (C=O) groups is 4. The van der Waals surface area contributed by atoms with Crippen LogP contribution in [0.1, 0.15) is 67.4 Å². The lowest BCUT2D eigenvalue weighted by Crippen LogP contribution is -2.58. The number of anilines is 1. The molecule has 1 aliphatic heterocycles. The molecule has 16 nitrogen and oxygen atoms in total. The van der Waals surface area contributed by atoms with E-state index in [-0.39, 0.29) is 53.3 Å². The molecule has 3 N–H and O–H groups in total. The number of para-hydroxylation sites is 1. The number of hydrogen-bond acceptors (Lipinski definition) is 13. The fourth-order valence-corrected chi connectivity index (χ4v) is 10.3. The van der Waals surface area contributed by atoms with Crippen LogP contribution in [0.3, 0.4) is 0 Å². The molecular formula is C44H47F3N8O8S2. The summed E-state index contributed by atoms with van der Waals surface area (Å²) < 4.78 is 81.1. The zero-order valence-corrected chi connectivity index (χ0v) is 37.9. The first kappa shape index (κ1) is 45.5. The average molecular weight is 937 g/mol. The van der Waals surface area contributed by atoms with Gasteiger partial charge in [0.2, 0.25) is 27.4 Å². The van der Waals surface area contributed by atoms with Crippen molar-refractivity contribution >= 4 is 72.2 Å². The van der Waals surface area contributed by atoms with E-state index in [2.05, 4.69) is 36.9 Å². The van der Waals surface area contributed by atoms with Crippen LogP contribution in [0.5, 0.6) is 5.88 Å². The van der Waals surface area contributed by atoms with Gasteiger partial charge in [-0.25, -0.2) is 18.4 Å². The third-order valence-corrected chi connectivity index (χ3v) is 14.7. The highest BCUT2D eigenvalue weighted by molar-refractivity contribution is 7.91. The van der Waals surface area contributed by atoms with Gasteiger partial charge < -0.3 is 29.6 Å². The molecule has 3 fully saturated rings. The standard InChI is InChI=1S/C44H47F3N8O8S2/c1-8-24-20-43(24,40(59)53-65(60,61)27-17-18-27)52-36(56)29-19-26(21-55(29)39(58)34(42(3,4)5)50-41-48-22(2)33(64-41)38(57)54(6)7)62-37-32-31(28-11-9-10-12-30(28)63-32)49-35(51-37)23-13-15-25(16-14-23)44(45,46)47/h8-16,24,26-27,29,34H,1,17-21H2,2-7H3,(H,48,50)(H,52,56)(H,53,59)/t24-,26-,29+,34-,43-/m1/s1. The van der Waals surface area contributed by atoms with E-state index in [4.69, 9.17) is 9.15 Å². The number of nitrogens with zero attached hydrogens (tertiary/aromatic N) is 5. The van der Waals surface area contributed by atoms with Gasteiger partial charge in [-0.2, -0.15) is 18.2 Å². The summed E-state index contributed by atoms with van der Waals surface area (Å²) in [6, 6.07) is 8.95. The summed E-state index contributed by atoms with van der Waals surface area (Å²) in [6.45, 7) is 10.7. The minimum atomic E-state index is -4.58. The number of hydrogen-bond donors (Lipinski definition) is 3. The van der Waals surface area contributed by atoms with Crippen molar-refractivity contribution in [1.29, 1.82) is 0 Å². The first-order chi connectivity index (χ1) is 30.5. The average Bonchev–Trinajstić information content (AvgIpc) is 4.10. The molecule has 21 heteroatoms. The second kappa shape index (κ2) is 16.4. The molecule has 2 aromatic carbocycles. The van der Waals surface area contributed by atoms with E-state index in [0.29, 0.717) is 39.9 Å². The Balaban J connectivity index is 1.16. The Morgan fingerprint density at radius 2 is 1.74 bits per heavy atom. The zero-order chi connectivity index (χ0) is 47.0. The molecule has 5 aromatic rings. The van der Waals surface area contributed by atoms with E-state index in [0.717, 1.165) is 23.5 Å². The molecule has 8 rings (SSSR count). The van der Waals surface area contributed by atoms with Crippen LogP contribution >= 0.6 is 11.3 Å². The lowest BCUT2D eigenvalue weighted by atomic mass is 9.85. The van der Waals surface area contributed by atoms with Crippen LogP contribution in [0.4, 0.5) is 18.3 Å². The van der Waals surface area contributed by atoms with Gasteiger partial charge in [-0.15, -0.1) is 6.58 Å². The number of fused-ring (bicyclic) bond motifs is 3. The molecule has 344 valence electrons. The normalized spacial score (nSPS) is 21.5. The van der Waals surface area contributed by atoms with Crippen LogP contribution < -0.4 is 20.1 Å². The Morgan fingerprint density at radius 3 is 2.35 bits per heavy atom. The number of furan rings is 1. The number of thiazole rings is 1. The van der Waals surface area contributed by atoms with Crippen molar-refractivity contribution < 1.29 is 49.9 Å². The molecule has 3 aliphatic rings. The molecule has 0 radical (unpaired) electrons. The molecule has 3 aromatic heterocycles. The van der Waals surface area contributed by atoms with Crippen molar-refractivity contribution in [2.75, 3.05) is 26.0 Å². The molecule has 4 heterocycles. The molecule has 65 heavy (non-hydrogen) atoms. The van der Waals surface area contributed by atoms with E-state index < -0.39 is 79.8 Å². The van der Waals surface area contributed by atoms with Gasteiger partial charge >= 0.3 is 6.18 Å². The van der Waals surface area contributed by atoms with Crippen LogP contribution in [0, 0.1) is 18.3 Å². The van der Waals surface area contributed by atoms with Crippen LogP contribution in [-0.4, -0.2) is 106 Å². The van der Waals surface area contributed by atoms with Crippen LogP contribution in [0.15, 0.2) is 65.6 Å². The number of halogens is 3. The molecule has 4 amide bonds. The van der Waals surface area contributed by atoms with Gasteiger partial charge in [0, 0.05) is 37.4 Å². The Bertz CT molecular complexity index is 2850. The second-order valence-corrected chi connectivity index (χ2v) is 20.9. The number of alkyl halides is 3. The molecule has 0 spiro atoms. The zero-order valence-electron chi connectivity index (χ0n) is 36.3. The highest BCUT2D eigenvalue weighted by Gasteiger charge is 2.62. The van der Waals surface area contributed by atoms with E-state index in [1.807, 2.05) is 20.8 Å². The Kier molecular flexibility index (Phi) is 11.5.